The highest BCUT2D eigenvalue weighted by atomic mass is 19.4. The van der Waals surface area contributed by atoms with Gasteiger partial charge in [-0.15, -0.1) is 0 Å². The number of nitrogens with zero attached hydrogens (tertiary/aromatic N) is 6. The highest BCUT2D eigenvalue weighted by molar-refractivity contribution is 5.49. The maximum absolute atomic E-state index is 12.7. The fourth-order valence-electron chi connectivity index (χ4n) is 5.24. The van der Waals surface area contributed by atoms with Crippen LogP contribution in [0.4, 0.5) is 24.7 Å². The Morgan fingerprint density at radius 2 is 1.60 bits per heavy atom. The minimum Gasteiger partial charge on any atom is -0.490 e. The lowest BCUT2D eigenvalue weighted by Gasteiger charge is -2.36. The Kier molecular flexibility index (Phi) is 8.74. The average Bonchev–Trinajstić information content (AvgIpc) is 3.48. The third-order valence-electron chi connectivity index (χ3n) is 7.74. The Balaban J connectivity index is 0.914. The van der Waals surface area contributed by atoms with E-state index in [1.807, 2.05) is 48.5 Å². The molecule has 0 N–H and O–H groups in total. The van der Waals surface area contributed by atoms with Gasteiger partial charge in [-0.05, 0) is 53.0 Å². The number of imidazole rings is 1. The molecular weight excluding hydrogens is 593 g/mol. The maximum atomic E-state index is 12.7. The van der Waals surface area contributed by atoms with E-state index in [-0.39, 0.29) is 24.5 Å². The molecule has 1 atom stereocenters. The molecule has 2 aromatic heterocycles. The molecule has 4 aromatic rings. The molecule has 2 aliphatic heterocycles. The predicted octanol–water partition coefficient (Wildman–Crippen LogP) is 5.34. The average molecular weight is 625 g/mol. The fourth-order valence-corrected chi connectivity index (χ4v) is 5.24. The first-order valence-corrected chi connectivity index (χ1v) is 14.5. The number of aromatic nitrogens is 3. The third-order valence-corrected chi connectivity index (χ3v) is 7.74. The molecule has 1 fully saturated rings. The van der Waals surface area contributed by atoms with E-state index >= 15 is 0 Å². The summed E-state index contributed by atoms with van der Waals surface area (Å²) in [6.07, 6.45) is -1.45. The summed E-state index contributed by atoms with van der Waals surface area (Å²) >= 11 is 0. The zero-order valence-corrected chi connectivity index (χ0v) is 24.2. The van der Waals surface area contributed by atoms with Crippen LogP contribution in [0.5, 0.6) is 17.5 Å². The Hall–Kier alpha value is -4.85. The van der Waals surface area contributed by atoms with Crippen LogP contribution in [0.25, 0.3) is 0 Å². The van der Waals surface area contributed by atoms with E-state index in [1.54, 1.807) is 4.57 Å². The van der Waals surface area contributed by atoms with Crippen molar-refractivity contribution in [3.05, 3.63) is 100.0 Å². The Bertz CT molecular complexity index is 1590. The summed E-state index contributed by atoms with van der Waals surface area (Å²) in [5.74, 6) is 1.14. The molecule has 0 amide bonds. The second-order valence-corrected chi connectivity index (χ2v) is 10.9. The summed E-state index contributed by atoms with van der Waals surface area (Å²) in [6, 6.07) is 18.3. The van der Waals surface area contributed by atoms with Crippen molar-refractivity contribution in [2.24, 2.45) is 0 Å². The number of hydrogen-bond acceptors (Lipinski definition) is 9. The Morgan fingerprint density at radius 1 is 0.911 bits per heavy atom. The number of pyridine rings is 1. The van der Waals surface area contributed by atoms with Gasteiger partial charge in [0.1, 0.15) is 42.7 Å². The van der Waals surface area contributed by atoms with Gasteiger partial charge in [0.25, 0.3) is 0 Å². The molecule has 1 saturated heterocycles. The molecule has 0 radical (unpaired) electrons. The molecule has 0 aliphatic carbocycles. The van der Waals surface area contributed by atoms with Crippen LogP contribution in [-0.4, -0.2) is 63.2 Å². The minimum absolute atomic E-state index is 0.135. The molecule has 2 aliphatic rings. The van der Waals surface area contributed by atoms with Crippen LogP contribution in [0.2, 0.25) is 0 Å². The van der Waals surface area contributed by atoms with Gasteiger partial charge in [-0.2, -0.15) is 13.2 Å². The number of nitro groups is 1. The van der Waals surface area contributed by atoms with Crippen molar-refractivity contribution < 1.29 is 32.3 Å². The number of halogens is 3. The van der Waals surface area contributed by atoms with Gasteiger partial charge in [-0.3, -0.25) is 14.5 Å². The smallest absolute Gasteiger partial charge is 0.433 e. The van der Waals surface area contributed by atoms with Crippen molar-refractivity contribution in [2.45, 2.75) is 38.4 Å². The first kappa shape index (κ1) is 30.2. The number of benzene rings is 2. The monoisotopic (exact) mass is 624 g/mol. The van der Waals surface area contributed by atoms with E-state index in [4.69, 9.17) is 14.2 Å². The Labute approximate surface area is 256 Å². The number of fused-ring (bicyclic) bond motifs is 1. The lowest BCUT2D eigenvalue weighted by Crippen LogP contribution is -2.45. The zero-order valence-electron chi connectivity index (χ0n) is 24.2. The normalized spacial score (nSPS) is 17.0. The van der Waals surface area contributed by atoms with Gasteiger partial charge < -0.3 is 29.2 Å². The lowest BCUT2D eigenvalue weighted by atomic mass is 10.1. The van der Waals surface area contributed by atoms with Crippen molar-refractivity contribution in [1.29, 1.82) is 0 Å². The van der Waals surface area contributed by atoms with Gasteiger partial charge in [0.2, 0.25) is 0 Å². The van der Waals surface area contributed by atoms with Gasteiger partial charge in [0.15, 0.2) is 0 Å². The van der Waals surface area contributed by atoms with Crippen molar-refractivity contribution in [3.63, 3.8) is 0 Å². The predicted molar refractivity (Wildman–Crippen MR) is 157 cm³/mol. The number of anilines is 1. The van der Waals surface area contributed by atoms with Crippen LogP contribution in [0.1, 0.15) is 23.2 Å². The summed E-state index contributed by atoms with van der Waals surface area (Å²) < 4.78 is 57.1. The van der Waals surface area contributed by atoms with Crippen molar-refractivity contribution in [3.8, 4) is 17.5 Å². The molecule has 1 unspecified atom stereocenters. The van der Waals surface area contributed by atoms with E-state index in [0.717, 1.165) is 55.8 Å². The first-order chi connectivity index (χ1) is 21.7. The molecule has 14 heteroatoms. The number of rotatable bonds is 10. The summed E-state index contributed by atoms with van der Waals surface area (Å²) in [5, 5.41) is 10.9. The SMILES string of the molecule is O=[N+]([O-])c1cn2c(n1)OC(COc1ccc(N3CCN(Cc4ccc(OCc5ccc(C(F)(F)F)nc5)cc4)CC3)cc1)CC2. The number of ether oxygens (including phenoxy) is 3. The molecular formula is C31H31F3N6O5. The van der Waals surface area contributed by atoms with Crippen LogP contribution < -0.4 is 19.1 Å². The van der Waals surface area contributed by atoms with Gasteiger partial charge >= 0.3 is 18.0 Å². The van der Waals surface area contributed by atoms with Gasteiger partial charge in [0, 0.05) is 68.1 Å². The second kappa shape index (κ2) is 13.0. The molecule has 0 spiro atoms. The van der Waals surface area contributed by atoms with Crippen molar-refractivity contribution >= 4 is 11.5 Å². The van der Waals surface area contributed by atoms with Crippen LogP contribution in [0.3, 0.4) is 0 Å². The standard InChI is InChI=1S/C31H31F3N6O5/c32-31(33,34)28-10-3-23(17-35-28)20-43-25-6-1-22(2-7-25)18-37-13-15-38(16-14-37)24-4-8-26(9-5-24)44-21-27-11-12-39-19-29(40(41)42)36-30(39)45-27/h1-10,17,19,27H,11-16,18,20-21H2. The van der Waals surface area contributed by atoms with E-state index in [9.17, 15) is 23.3 Å². The van der Waals surface area contributed by atoms with Crippen LogP contribution >= 0.6 is 0 Å². The largest absolute Gasteiger partial charge is 0.490 e. The third kappa shape index (κ3) is 7.63. The van der Waals surface area contributed by atoms with Gasteiger partial charge in [0.05, 0.1) is 0 Å². The van der Waals surface area contributed by atoms with E-state index < -0.39 is 16.8 Å². The zero-order chi connectivity index (χ0) is 31.4. The molecule has 0 saturated carbocycles. The molecule has 45 heavy (non-hydrogen) atoms. The lowest BCUT2D eigenvalue weighted by molar-refractivity contribution is -0.389. The number of hydrogen-bond donors (Lipinski definition) is 0. The quantitative estimate of drug-likeness (QED) is 0.171. The number of aryl methyl sites for hydroxylation is 1. The van der Waals surface area contributed by atoms with Crippen LogP contribution in [-0.2, 0) is 25.9 Å². The molecule has 2 aromatic carbocycles. The molecule has 0 bridgehead atoms. The fraction of sp³-hybridized carbons (Fsp3) is 0.355. The Morgan fingerprint density at radius 3 is 2.27 bits per heavy atom. The summed E-state index contributed by atoms with van der Waals surface area (Å²) in [6.45, 7) is 5.43. The molecule has 11 nitrogen and oxygen atoms in total. The molecule has 236 valence electrons. The van der Waals surface area contributed by atoms with Crippen molar-refractivity contribution in [1.82, 2.24) is 19.4 Å². The van der Waals surface area contributed by atoms with E-state index in [1.165, 1.54) is 18.5 Å². The minimum atomic E-state index is -4.46. The van der Waals surface area contributed by atoms with Crippen LogP contribution in [0.15, 0.2) is 73.1 Å². The molecule has 4 heterocycles. The van der Waals surface area contributed by atoms with Crippen molar-refractivity contribution in [2.75, 3.05) is 37.7 Å². The summed E-state index contributed by atoms with van der Waals surface area (Å²) in [4.78, 5) is 22.5. The van der Waals surface area contributed by atoms with E-state index in [0.29, 0.717) is 30.9 Å². The topological polar surface area (TPSA) is 108 Å². The molecule has 6 rings (SSSR count). The highest BCUT2D eigenvalue weighted by Crippen LogP contribution is 2.28. The van der Waals surface area contributed by atoms with Crippen LogP contribution in [0, 0.1) is 10.1 Å². The van der Waals surface area contributed by atoms with E-state index in [2.05, 4.69) is 19.8 Å². The summed E-state index contributed by atoms with van der Waals surface area (Å²) in [7, 11) is 0. The maximum Gasteiger partial charge on any atom is 0.433 e. The second-order valence-electron chi connectivity index (χ2n) is 10.9. The highest BCUT2D eigenvalue weighted by Gasteiger charge is 2.32. The number of alkyl halides is 3. The van der Waals surface area contributed by atoms with Gasteiger partial charge in [-0.25, -0.2) is 0 Å². The first-order valence-electron chi connectivity index (χ1n) is 14.5. The number of piperazine rings is 1. The summed E-state index contributed by atoms with van der Waals surface area (Å²) in [5.41, 5.74) is 1.91. The van der Waals surface area contributed by atoms with Gasteiger partial charge in [-0.1, -0.05) is 18.2 Å².